The summed E-state index contributed by atoms with van der Waals surface area (Å²) in [5.74, 6) is -3.54. The second-order valence-corrected chi connectivity index (χ2v) is 6.68. The Morgan fingerprint density at radius 3 is 2.24 bits per heavy atom. The zero-order chi connectivity index (χ0) is 18.4. The van der Waals surface area contributed by atoms with E-state index in [-0.39, 0.29) is 11.1 Å². The second kappa shape index (κ2) is 6.44. The molecule has 1 nitrogen and oxygen atoms in total. The van der Waals surface area contributed by atoms with Crippen LogP contribution in [0.15, 0.2) is 36.5 Å². The third kappa shape index (κ3) is 3.17. The molecule has 0 atom stereocenters. The molecule has 0 radical (unpaired) electrons. The molecule has 0 bridgehead atoms. The molecule has 132 valence electrons. The zero-order valence-electron chi connectivity index (χ0n) is 13.1. The molecule has 0 saturated carbocycles. The van der Waals surface area contributed by atoms with E-state index in [1.54, 1.807) is 18.3 Å². The quantitative estimate of drug-likeness (QED) is 0.333. The maximum absolute atomic E-state index is 14.8. The number of hydrogen-bond donors (Lipinski definition) is 0. The number of alkyl halides is 3. The third-order valence-electron chi connectivity index (χ3n) is 3.99. The molecular formula is C18H13BrF5N. The second-order valence-electron chi connectivity index (χ2n) is 5.68. The van der Waals surface area contributed by atoms with Gasteiger partial charge < -0.3 is 4.57 Å². The molecule has 25 heavy (non-hydrogen) atoms. The smallest absolute Gasteiger partial charge is 0.332 e. The van der Waals surface area contributed by atoms with E-state index in [4.69, 9.17) is 0 Å². The number of aryl methyl sites for hydroxylation is 1. The average Bonchev–Trinajstić information content (AvgIpc) is 2.90. The summed E-state index contributed by atoms with van der Waals surface area (Å²) >= 11 is 1.94. The van der Waals surface area contributed by atoms with Gasteiger partial charge in [0, 0.05) is 23.7 Å². The van der Waals surface area contributed by atoms with Gasteiger partial charge in [0.1, 0.15) is 23.0 Å². The molecule has 3 rings (SSSR count). The molecule has 3 aromatic rings. The Balaban J connectivity index is 2.16. The summed E-state index contributed by atoms with van der Waals surface area (Å²) in [6, 6.07) is 6.04. The molecule has 0 aliphatic heterocycles. The van der Waals surface area contributed by atoms with E-state index in [2.05, 4.69) is 0 Å². The fourth-order valence-electron chi connectivity index (χ4n) is 2.89. The zero-order valence-corrected chi connectivity index (χ0v) is 14.7. The molecule has 0 amide bonds. The summed E-state index contributed by atoms with van der Waals surface area (Å²) in [4.78, 5) is -3.85. The van der Waals surface area contributed by atoms with Crippen molar-refractivity contribution in [3.8, 4) is 11.1 Å². The molecule has 7 heteroatoms. The van der Waals surface area contributed by atoms with Gasteiger partial charge in [0.05, 0.1) is 5.52 Å². The minimum absolute atomic E-state index is 0.0519. The van der Waals surface area contributed by atoms with Crippen molar-refractivity contribution >= 4 is 26.8 Å². The number of benzene rings is 2. The standard InChI is InChI=1S/C18H13BrF5N/c1-2-6-25-7-5-12-15(25)4-3-11(17(12)22)10-8-13(20)16(14(21)9-10)18(19,23)24/h3-5,7-9H,2,6H2,1H3. The average molecular weight is 418 g/mol. The lowest BCUT2D eigenvalue weighted by Gasteiger charge is -2.13. The van der Waals surface area contributed by atoms with Gasteiger partial charge in [0.15, 0.2) is 0 Å². The van der Waals surface area contributed by atoms with Crippen molar-refractivity contribution in [1.82, 2.24) is 4.57 Å². The molecule has 0 saturated heterocycles. The van der Waals surface area contributed by atoms with Gasteiger partial charge in [0.2, 0.25) is 0 Å². The first-order valence-electron chi connectivity index (χ1n) is 7.58. The van der Waals surface area contributed by atoms with Crippen LogP contribution in [0, 0.1) is 17.5 Å². The Kier molecular flexibility index (Phi) is 4.62. The van der Waals surface area contributed by atoms with Crippen molar-refractivity contribution in [1.29, 1.82) is 0 Å². The SMILES string of the molecule is CCCn1ccc2c(F)c(-c3cc(F)c(C(F)(F)Br)c(F)c3)ccc21. The van der Waals surface area contributed by atoms with E-state index in [0.29, 0.717) is 29.6 Å². The van der Waals surface area contributed by atoms with Gasteiger partial charge in [-0.2, -0.15) is 8.78 Å². The van der Waals surface area contributed by atoms with Crippen molar-refractivity contribution in [2.45, 2.75) is 24.7 Å². The van der Waals surface area contributed by atoms with E-state index in [1.807, 2.05) is 27.4 Å². The van der Waals surface area contributed by atoms with Gasteiger partial charge in [-0.1, -0.05) is 6.92 Å². The monoisotopic (exact) mass is 417 g/mol. The largest absolute Gasteiger partial charge is 0.347 e. The molecule has 2 aromatic carbocycles. The van der Waals surface area contributed by atoms with Gasteiger partial charge in [-0.05, 0) is 58.2 Å². The summed E-state index contributed by atoms with van der Waals surface area (Å²) in [7, 11) is 0. The lowest BCUT2D eigenvalue weighted by Crippen LogP contribution is -2.09. The summed E-state index contributed by atoms with van der Waals surface area (Å²) in [5.41, 5.74) is -0.929. The Hall–Kier alpha value is -1.89. The van der Waals surface area contributed by atoms with Gasteiger partial charge in [-0.3, -0.25) is 0 Å². The van der Waals surface area contributed by atoms with Crippen LogP contribution in [-0.4, -0.2) is 4.57 Å². The highest BCUT2D eigenvalue weighted by Gasteiger charge is 2.35. The molecule has 0 aliphatic carbocycles. The summed E-state index contributed by atoms with van der Waals surface area (Å²) in [6.45, 7) is 2.70. The first-order chi connectivity index (χ1) is 11.7. The number of aromatic nitrogens is 1. The number of hydrogen-bond acceptors (Lipinski definition) is 0. The number of fused-ring (bicyclic) bond motifs is 1. The van der Waals surface area contributed by atoms with Crippen LogP contribution < -0.4 is 0 Å². The molecule has 0 fully saturated rings. The molecule has 1 heterocycles. The van der Waals surface area contributed by atoms with Crippen LogP contribution in [0.3, 0.4) is 0 Å². The van der Waals surface area contributed by atoms with E-state index >= 15 is 0 Å². The topological polar surface area (TPSA) is 4.93 Å². The maximum atomic E-state index is 14.8. The molecule has 0 N–H and O–H groups in total. The minimum Gasteiger partial charge on any atom is -0.347 e. The van der Waals surface area contributed by atoms with E-state index in [1.165, 1.54) is 6.07 Å². The lowest BCUT2D eigenvalue weighted by molar-refractivity contribution is 0.105. The van der Waals surface area contributed by atoms with Crippen LogP contribution >= 0.6 is 15.9 Å². The summed E-state index contributed by atoms with van der Waals surface area (Å²) in [5, 5.41) is 0.307. The normalized spacial score (nSPS) is 12.1. The van der Waals surface area contributed by atoms with Crippen LogP contribution in [0.25, 0.3) is 22.0 Å². The predicted octanol–water partition coefficient (Wildman–Crippen LogP) is 6.58. The Morgan fingerprint density at radius 2 is 1.68 bits per heavy atom. The first kappa shape index (κ1) is 17.9. The number of halogens is 6. The van der Waals surface area contributed by atoms with Crippen molar-refractivity contribution in [3.63, 3.8) is 0 Å². The Labute approximate surface area is 149 Å². The number of rotatable bonds is 4. The molecule has 0 unspecified atom stereocenters. The van der Waals surface area contributed by atoms with Gasteiger partial charge >= 0.3 is 4.83 Å². The first-order valence-corrected chi connectivity index (χ1v) is 8.37. The summed E-state index contributed by atoms with van der Waals surface area (Å²) < 4.78 is 71.1. The van der Waals surface area contributed by atoms with E-state index in [9.17, 15) is 22.0 Å². The number of nitrogens with zero attached hydrogens (tertiary/aromatic N) is 1. The molecule has 0 spiro atoms. The molecular weight excluding hydrogens is 405 g/mol. The minimum atomic E-state index is -3.85. The predicted molar refractivity (Wildman–Crippen MR) is 90.4 cm³/mol. The highest BCUT2D eigenvalue weighted by atomic mass is 79.9. The van der Waals surface area contributed by atoms with Crippen molar-refractivity contribution in [2.75, 3.05) is 0 Å². The molecule has 0 aliphatic rings. The van der Waals surface area contributed by atoms with Crippen LogP contribution in [0.5, 0.6) is 0 Å². The van der Waals surface area contributed by atoms with Gasteiger partial charge in [-0.25, -0.2) is 13.2 Å². The maximum Gasteiger partial charge on any atom is 0.332 e. The third-order valence-corrected chi connectivity index (χ3v) is 4.38. The Morgan fingerprint density at radius 1 is 1.04 bits per heavy atom. The highest BCUT2D eigenvalue weighted by Crippen LogP contribution is 2.40. The fourth-order valence-corrected chi connectivity index (χ4v) is 3.27. The van der Waals surface area contributed by atoms with Crippen molar-refractivity contribution in [2.24, 2.45) is 0 Å². The fraction of sp³-hybridized carbons (Fsp3) is 0.222. The van der Waals surface area contributed by atoms with Crippen LogP contribution in [0.1, 0.15) is 18.9 Å². The van der Waals surface area contributed by atoms with Crippen LogP contribution in [-0.2, 0) is 11.4 Å². The highest BCUT2D eigenvalue weighted by molar-refractivity contribution is 9.09. The van der Waals surface area contributed by atoms with Crippen molar-refractivity contribution in [3.05, 3.63) is 59.5 Å². The van der Waals surface area contributed by atoms with Crippen LogP contribution in [0.2, 0.25) is 0 Å². The van der Waals surface area contributed by atoms with Gasteiger partial charge in [-0.15, -0.1) is 0 Å². The molecule has 1 aromatic heterocycles. The van der Waals surface area contributed by atoms with Gasteiger partial charge in [0.25, 0.3) is 0 Å². The summed E-state index contributed by atoms with van der Waals surface area (Å²) in [6.07, 6.45) is 2.60. The van der Waals surface area contributed by atoms with Crippen LogP contribution in [0.4, 0.5) is 22.0 Å². The lowest BCUT2D eigenvalue weighted by atomic mass is 10.0. The Bertz CT molecular complexity index is 920. The van der Waals surface area contributed by atoms with Crippen molar-refractivity contribution < 1.29 is 22.0 Å². The van der Waals surface area contributed by atoms with E-state index in [0.717, 1.165) is 6.42 Å². The van der Waals surface area contributed by atoms with E-state index < -0.39 is 27.8 Å².